The molecule has 0 bridgehead atoms. The summed E-state index contributed by atoms with van der Waals surface area (Å²) in [6.07, 6.45) is 2.86. The van der Waals surface area contributed by atoms with Crippen LogP contribution in [0.3, 0.4) is 0 Å². The topological polar surface area (TPSA) is 27.0 Å². The molecule has 1 heterocycles. The fourth-order valence-electron chi connectivity index (χ4n) is 4.00. The number of rotatable bonds is 5. The predicted molar refractivity (Wildman–Crippen MR) is 104 cm³/mol. The summed E-state index contributed by atoms with van der Waals surface area (Å²) in [5.74, 6) is 0.348. The molecule has 0 radical (unpaired) electrons. The highest BCUT2D eigenvalue weighted by Crippen LogP contribution is 2.41. The van der Waals surface area contributed by atoms with E-state index in [1.54, 1.807) is 12.1 Å². The average molecular weight is 350 g/mol. The molecule has 26 heavy (non-hydrogen) atoms. The van der Waals surface area contributed by atoms with E-state index in [1.165, 1.54) is 11.6 Å². The second kappa shape index (κ2) is 8.01. The molecule has 1 saturated heterocycles. The maximum Gasteiger partial charge on any atom is 0.123 e. The molecule has 0 atom stereocenters. The third-order valence-electron chi connectivity index (χ3n) is 6.03. The van der Waals surface area contributed by atoms with E-state index >= 15 is 0 Å². The van der Waals surface area contributed by atoms with Crippen LogP contribution >= 0.6 is 0 Å². The second-order valence-electron chi connectivity index (χ2n) is 7.84. The lowest BCUT2D eigenvalue weighted by Gasteiger charge is -2.43. The van der Waals surface area contributed by atoms with Gasteiger partial charge in [0.1, 0.15) is 5.82 Å². The molecule has 1 aliphatic rings. The number of likely N-dealkylation sites (tertiary alicyclic amines) is 1. The van der Waals surface area contributed by atoms with Gasteiger partial charge in [-0.25, -0.2) is 4.39 Å². The van der Waals surface area contributed by atoms with E-state index in [4.69, 9.17) is 0 Å². The third kappa shape index (κ3) is 4.14. The summed E-state index contributed by atoms with van der Waals surface area (Å²) in [7, 11) is 0. The molecule has 0 unspecified atom stereocenters. The number of nitrogens with zero attached hydrogens (tertiary/aromatic N) is 2. The van der Waals surface area contributed by atoms with Crippen molar-refractivity contribution < 1.29 is 4.39 Å². The first-order valence-corrected chi connectivity index (χ1v) is 9.47. The fraction of sp³-hybridized carbons (Fsp3) is 0.435. The van der Waals surface area contributed by atoms with Crippen molar-refractivity contribution in [3.05, 3.63) is 59.9 Å². The number of nitriles is 1. The molecule has 1 fully saturated rings. The predicted octanol–water partition coefficient (Wildman–Crippen LogP) is 5.64. The van der Waals surface area contributed by atoms with Crippen LogP contribution in [-0.2, 0) is 6.54 Å². The minimum atomic E-state index is -0.203. The normalized spacial score (nSPS) is 17.2. The first-order chi connectivity index (χ1) is 12.5. The van der Waals surface area contributed by atoms with E-state index in [0.717, 1.165) is 43.6 Å². The van der Waals surface area contributed by atoms with Crippen molar-refractivity contribution in [2.24, 2.45) is 11.3 Å². The highest BCUT2D eigenvalue weighted by molar-refractivity contribution is 5.63. The zero-order valence-electron chi connectivity index (χ0n) is 15.7. The van der Waals surface area contributed by atoms with Crippen molar-refractivity contribution in [3.8, 4) is 17.2 Å². The summed E-state index contributed by atoms with van der Waals surface area (Å²) in [6, 6.07) is 17.5. The van der Waals surface area contributed by atoms with E-state index in [-0.39, 0.29) is 11.2 Å². The Kier molecular flexibility index (Phi) is 5.74. The Bertz CT molecular complexity index is 766. The first-order valence-electron chi connectivity index (χ1n) is 9.47. The monoisotopic (exact) mass is 350 g/mol. The van der Waals surface area contributed by atoms with Gasteiger partial charge in [-0.15, -0.1) is 0 Å². The van der Waals surface area contributed by atoms with Crippen LogP contribution in [0.1, 0.15) is 38.7 Å². The molecular formula is C23H27FN2. The van der Waals surface area contributed by atoms with Gasteiger partial charge in [-0.1, -0.05) is 50.2 Å². The Labute approximate surface area is 156 Å². The number of halogens is 1. The van der Waals surface area contributed by atoms with Gasteiger partial charge in [0, 0.05) is 13.0 Å². The van der Waals surface area contributed by atoms with Gasteiger partial charge in [0.05, 0.1) is 6.07 Å². The van der Waals surface area contributed by atoms with Crippen molar-refractivity contribution in [2.45, 2.75) is 39.7 Å². The number of hydrogen-bond acceptors (Lipinski definition) is 2. The lowest BCUT2D eigenvalue weighted by atomic mass is 9.68. The van der Waals surface area contributed by atoms with Gasteiger partial charge in [0.15, 0.2) is 0 Å². The summed E-state index contributed by atoms with van der Waals surface area (Å²) < 4.78 is 13.4. The molecule has 0 spiro atoms. The SMILES string of the molecule is CC(C)C1(CC#N)CCN(Cc2ccc(-c3cccc(F)c3)cc2)CC1. The van der Waals surface area contributed by atoms with Gasteiger partial charge < -0.3 is 0 Å². The van der Waals surface area contributed by atoms with Crippen LogP contribution in [0, 0.1) is 28.5 Å². The average Bonchev–Trinajstić information content (AvgIpc) is 2.64. The van der Waals surface area contributed by atoms with Crippen LogP contribution in [0.25, 0.3) is 11.1 Å². The minimum absolute atomic E-state index is 0.187. The van der Waals surface area contributed by atoms with E-state index in [1.807, 2.05) is 6.07 Å². The quantitative estimate of drug-likeness (QED) is 0.697. The van der Waals surface area contributed by atoms with Crippen LogP contribution in [-0.4, -0.2) is 18.0 Å². The van der Waals surface area contributed by atoms with Crippen LogP contribution < -0.4 is 0 Å². The molecule has 2 aromatic rings. The summed E-state index contributed by atoms with van der Waals surface area (Å²) in [6.45, 7) is 7.53. The Hall–Kier alpha value is -2.18. The standard InChI is InChI=1S/C23H27FN2/c1-18(2)23(10-13-25)11-14-26(15-12-23)17-19-6-8-20(9-7-19)21-4-3-5-22(24)16-21/h3-9,16,18H,10-12,14-15,17H2,1-2H3. The van der Waals surface area contributed by atoms with Crippen molar-refractivity contribution >= 4 is 0 Å². The van der Waals surface area contributed by atoms with Gasteiger partial charge in [0.25, 0.3) is 0 Å². The van der Waals surface area contributed by atoms with E-state index < -0.39 is 0 Å². The highest BCUT2D eigenvalue weighted by Gasteiger charge is 2.37. The summed E-state index contributed by atoms with van der Waals surface area (Å²) in [4.78, 5) is 2.48. The fourth-order valence-corrected chi connectivity index (χ4v) is 4.00. The highest BCUT2D eigenvalue weighted by atomic mass is 19.1. The number of benzene rings is 2. The van der Waals surface area contributed by atoms with Gasteiger partial charge >= 0.3 is 0 Å². The summed E-state index contributed by atoms with van der Waals surface area (Å²) >= 11 is 0. The second-order valence-corrected chi connectivity index (χ2v) is 7.84. The zero-order valence-corrected chi connectivity index (χ0v) is 15.7. The van der Waals surface area contributed by atoms with Crippen molar-refractivity contribution in [3.63, 3.8) is 0 Å². The smallest absolute Gasteiger partial charge is 0.123 e. The molecule has 3 heteroatoms. The largest absolute Gasteiger partial charge is 0.299 e. The van der Waals surface area contributed by atoms with Crippen LogP contribution in [0.15, 0.2) is 48.5 Å². The van der Waals surface area contributed by atoms with E-state index in [9.17, 15) is 9.65 Å². The zero-order chi connectivity index (χ0) is 18.6. The third-order valence-corrected chi connectivity index (χ3v) is 6.03. The molecular weight excluding hydrogens is 323 g/mol. The molecule has 0 saturated carbocycles. The number of hydrogen-bond donors (Lipinski definition) is 0. The first kappa shape index (κ1) is 18.6. The van der Waals surface area contributed by atoms with Gasteiger partial charge in [-0.05, 0) is 66.1 Å². The Morgan fingerprint density at radius 2 is 1.77 bits per heavy atom. The maximum atomic E-state index is 13.4. The molecule has 3 rings (SSSR count). The van der Waals surface area contributed by atoms with E-state index in [0.29, 0.717) is 12.3 Å². The van der Waals surface area contributed by atoms with E-state index in [2.05, 4.69) is 49.1 Å². The lowest BCUT2D eigenvalue weighted by molar-refractivity contribution is 0.0617. The summed E-state index contributed by atoms with van der Waals surface area (Å²) in [5, 5.41) is 9.18. The minimum Gasteiger partial charge on any atom is -0.299 e. The molecule has 0 amide bonds. The Morgan fingerprint density at radius 1 is 1.08 bits per heavy atom. The van der Waals surface area contributed by atoms with Crippen LogP contribution in [0.5, 0.6) is 0 Å². The molecule has 1 aliphatic heterocycles. The van der Waals surface area contributed by atoms with Crippen molar-refractivity contribution in [1.82, 2.24) is 4.90 Å². The van der Waals surface area contributed by atoms with Crippen LogP contribution in [0.2, 0.25) is 0 Å². The Morgan fingerprint density at radius 3 is 2.35 bits per heavy atom. The van der Waals surface area contributed by atoms with Gasteiger partial charge in [-0.3, -0.25) is 4.90 Å². The molecule has 136 valence electrons. The lowest BCUT2D eigenvalue weighted by Crippen LogP contribution is -2.42. The molecule has 0 aromatic heterocycles. The van der Waals surface area contributed by atoms with Crippen LogP contribution in [0.4, 0.5) is 4.39 Å². The molecule has 2 aromatic carbocycles. The summed E-state index contributed by atoms with van der Waals surface area (Å²) in [5.41, 5.74) is 3.42. The molecule has 0 aliphatic carbocycles. The maximum absolute atomic E-state index is 13.4. The van der Waals surface area contributed by atoms with Crippen molar-refractivity contribution in [1.29, 1.82) is 5.26 Å². The van der Waals surface area contributed by atoms with Gasteiger partial charge in [-0.2, -0.15) is 5.26 Å². The molecule has 0 N–H and O–H groups in total. The number of piperidine rings is 1. The van der Waals surface area contributed by atoms with Gasteiger partial charge in [0.2, 0.25) is 0 Å². The Balaban J connectivity index is 1.61. The molecule has 2 nitrogen and oxygen atoms in total. The van der Waals surface area contributed by atoms with Crippen molar-refractivity contribution in [2.75, 3.05) is 13.1 Å².